The molecule has 1 aliphatic heterocycles. The zero-order valence-corrected chi connectivity index (χ0v) is 16.7. The molecule has 0 bridgehead atoms. The molecule has 1 aromatic heterocycles. The molecule has 2 aromatic rings. The molecule has 0 unspecified atom stereocenters. The monoisotopic (exact) mass is 386 g/mol. The maximum atomic E-state index is 13.1. The fourth-order valence-electron chi connectivity index (χ4n) is 3.41. The number of likely N-dealkylation sites (tertiary alicyclic amines) is 1. The Balaban J connectivity index is 1.42. The maximum Gasteiger partial charge on any atom is 0.191 e. The van der Waals surface area contributed by atoms with Gasteiger partial charge in [-0.3, -0.25) is 9.89 Å². The van der Waals surface area contributed by atoms with Crippen molar-refractivity contribution in [2.75, 3.05) is 26.2 Å². The topological polar surface area (TPSA) is 52.8 Å². The molecule has 1 saturated heterocycles. The Bertz CT molecular complexity index is 707. The van der Waals surface area contributed by atoms with Crippen LogP contribution in [0.3, 0.4) is 0 Å². The molecule has 0 saturated carbocycles. The highest BCUT2D eigenvalue weighted by atomic mass is 19.1. The van der Waals surface area contributed by atoms with E-state index in [2.05, 4.69) is 27.4 Å². The highest BCUT2D eigenvalue weighted by molar-refractivity contribution is 5.80. The van der Waals surface area contributed by atoms with Crippen LogP contribution in [0.4, 0.5) is 4.39 Å². The Morgan fingerprint density at radius 1 is 1.21 bits per heavy atom. The summed E-state index contributed by atoms with van der Waals surface area (Å²) in [6.07, 6.45) is 5.73. The second-order valence-electron chi connectivity index (χ2n) is 7.31. The van der Waals surface area contributed by atoms with Crippen molar-refractivity contribution in [1.29, 1.82) is 0 Å². The first-order valence-corrected chi connectivity index (χ1v) is 10.3. The van der Waals surface area contributed by atoms with Gasteiger partial charge in [-0.25, -0.2) is 4.39 Å². The first kappa shape index (κ1) is 20.4. The summed E-state index contributed by atoms with van der Waals surface area (Å²) in [7, 11) is 0. The largest absolute Gasteiger partial charge is 0.469 e. The first-order valence-electron chi connectivity index (χ1n) is 10.3. The summed E-state index contributed by atoms with van der Waals surface area (Å²) in [6, 6.07) is 11.2. The SMILES string of the molecule is CCCN=C(NCCc1ccco1)NC1CCN(Cc2ccc(F)cc2)CC1. The van der Waals surface area contributed by atoms with Crippen molar-refractivity contribution in [1.82, 2.24) is 15.5 Å². The van der Waals surface area contributed by atoms with E-state index in [-0.39, 0.29) is 5.82 Å². The van der Waals surface area contributed by atoms with Crippen LogP contribution < -0.4 is 10.6 Å². The summed E-state index contributed by atoms with van der Waals surface area (Å²) in [6.45, 7) is 6.69. The van der Waals surface area contributed by atoms with E-state index in [0.29, 0.717) is 6.04 Å². The summed E-state index contributed by atoms with van der Waals surface area (Å²) < 4.78 is 18.4. The van der Waals surface area contributed by atoms with Crippen molar-refractivity contribution in [2.24, 2.45) is 4.99 Å². The minimum Gasteiger partial charge on any atom is -0.469 e. The van der Waals surface area contributed by atoms with Gasteiger partial charge in [-0.1, -0.05) is 19.1 Å². The van der Waals surface area contributed by atoms with E-state index in [1.807, 2.05) is 24.3 Å². The van der Waals surface area contributed by atoms with Gasteiger partial charge < -0.3 is 15.1 Å². The third-order valence-electron chi connectivity index (χ3n) is 4.99. The Morgan fingerprint density at radius 2 is 2.00 bits per heavy atom. The van der Waals surface area contributed by atoms with E-state index in [0.717, 1.165) is 75.7 Å². The van der Waals surface area contributed by atoms with Crippen LogP contribution in [0.15, 0.2) is 52.1 Å². The number of piperidine rings is 1. The summed E-state index contributed by atoms with van der Waals surface area (Å²) in [4.78, 5) is 7.09. The highest BCUT2D eigenvalue weighted by Crippen LogP contribution is 2.14. The minimum atomic E-state index is -0.176. The van der Waals surface area contributed by atoms with Gasteiger partial charge in [0, 0.05) is 45.2 Å². The number of halogens is 1. The number of rotatable bonds is 8. The van der Waals surface area contributed by atoms with Crippen molar-refractivity contribution in [3.63, 3.8) is 0 Å². The smallest absolute Gasteiger partial charge is 0.191 e. The second kappa shape index (κ2) is 10.9. The average molecular weight is 387 g/mol. The molecule has 3 rings (SSSR count). The normalized spacial score (nSPS) is 16.3. The molecule has 2 N–H and O–H groups in total. The molecule has 0 aliphatic carbocycles. The molecule has 152 valence electrons. The molecule has 0 radical (unpaired) electrons. The van der Waals surface area contributed by atoms with Crippen LogP contribution in [0.25, 0.3) is 0 Å². The molecule has 28 heavy (non-hydrogen) atoms. The van der Waals surface area contributed by atoms with E-state index in [4.69, 9.17) is 4.42 Å². The van der Waals surface area contributed by atoms with Crippen LogP contribution in [-0.2, 0) is 13.0 Å². The van der Waals surface area contributed by atoms with E-state index in [1.54, 1.807) is 6.26 Å². The molecule has 1 aromatic carbocycles. The first-order chi connectivity index (χ1) is 13.7. The molecule has 0 atom stereocenters. The highest BCUT2D eigenvalue weighted by Gasteiger charge is 2.20. The summed E-state index contributed by atoms with van der Waals surface area (Å²) in [5, 5.41) is 7.02. The Morgan fingerprint density at radius 3 is 2.68 bits per heavy atom. The van der Waals surface area contributed by atoms with Gasteiger partial charge >= 0.3 is 0 Å². The predicted molar refractivity (Wildman–Crippen MR) is 111 cm³/mol. The van der Waals surface area contributed by atoms with Gasteiger partial charge in [-0.15, -0.1) is 0 Å². The predicted octanol–water partition coefficient (Wildman–Crippen LogP) is 3.57. The lowest BCUT2D eigenvalue weighted by molar-refractivity contribution is 0.198. The molecule has 5 nitrogen and oxygen atoms in total. The van der Waals surface area contributed by atoms with Crippen LogP contribution >= 0.6 is 0 Å². The van der Waals surface area contributed by atoms with E-state index in [9.17, 15) is 4.39 Å². The van der Waals surface area contributed by atoms with Gasteiger partial charge in [0.05, 0.1) is 6.26 Å². The number of benzene rings is 1. The number of nitrogens with one attached hydrogen (secondary N) is 2. The van der Waals surface area contributed by atoms with Crippen LogP contribution in [-0.4, -0.2) is 43.1 Å². The van der Waals surface area contributed by atoms with Gasteiger partial charge in [0.2, 0.25) is 0 Å². The van der Waals surface area contributed by atoms with Crippen LogP contribution in [0, 0.1) is 5.82 Å². The molecular formula is C22H31FN4O. The van der Waals surface area contributed by atoms with Crippen LogP contribution in [0.5, 0.6) is 0 Å². The summed E-state index contributed by atoms with van der Waals surface area (Å²) in [5.74, 6) is 1.70. The lowest BCUT2D eigenvalue weighted by Gasteiger charge is -2.33. The zero-order chi connectivity index (χ0) is 19.6. The van der Waals surface area contributed by atoms with Crippen molar-refractivity contribution in [3.05, 3.63) is 59.8 Å². The molecule has 1 aliphatic rings. The van der Waals surface area contributed by atoms with Gasteiger partial charge in [-0.05, 0) is 49.1 Å². The van der Waals surface area contributed by atoms with Crippen LogP contribution in [0.1, 0.15) is 37.5 Å². The number of nitrogens with zero attached hydrogens (tertiary/aromatic N) is 2. The van der Waals surface area contributed by atoms with E-state index < -0.39 is 0 Å². The fraction of sp³-hybridized carbons (Fsp3) is 0.500. The molecular weight excluding hydrogens is 355 g/mol. The van der Waals surface area contributed by atoms with E-state index in [1.165, 1.54) is 12.1 Å². The number of guanidine groups is 1. The van der Waals surface area contributed by atoms with Gasteiger partial charge in [0.25, 0.3) is 0 Å². The third-order valence-corrected chi connectivity index (χ3v) is 4.99. The average Bonchev–Trinajstić information content (AvgIpc) is 3.23. The second-order valence-corrected chi connectivity index (χ2v) is 7.31. The number of hydrogen-bond donors (Lipinski definition) is 2. The lowest BCUT2D eigenvalue weighted by atomic mass is 10.0. The summed E-state index contributed by atoms with van der Waals surface area (Å²) in [5.41, 5.74) is 1.16. The van der Waals surface area contributed by atoms with Crippen molar-refractivity contribution in [3.8, 4) is 0 Å². The molecule has 6 heteroatoms. The number of furan rings is 1. The van der Waals surface area contributed by atoms with Crippen molar-refractivity contribution >= 4 is 5.96 Å². The minimum absolute atomic E-state index is 0.176. The standard InChI is InChI=1S/C22H31FN4O/c1-2-12-24-22(25-13-9-21-4-3-16-28-21)26-20-10-14-27(15-11-20)17-18-5-7-19(23)8-6-18/h3-8,16,20H,2,9-15,17H2,1H3,(H2,24,25,26). The zero-order valence-electron chi connectivity index (χ0n) is 16.7. The van der Waals surface area contributed by atoms with Gasteiger partial charge in [0.1, 0.15) is 11.6 Å². The number of hydrogen-bond acceptors (Lipinski definition) is 3. The maximum absolute atomic E-state index is 13.1. The van der Waals surface area contributed by atoms with Crippen molar-refractivity contribution < 1.29 is 8.81 Å². The van der Waals surface area contributed by atoms with Gasteiger partial charge in [-0.2, -0.15) is 0 Å². The fourth-order valence-corrected chi connectivity index (χ4v) is 3.41. The van der Waals surface area contributed by atoms with Gasteiger partial charge in [0.15, 0.2) is 5.96 Å². The molecule has 0 amide bonds. The molecule has 1 fully saturated rings. The lowest BCUT2D eigenvalue weighted by Crippen LogP contribution is -2.49. The number of aliphatic imine (C=N–C) groups is 1. The molecule has 0 spiro atoms. The van der Waals surface area contributed by atoms with Crippen LogP contribution in [0.2, 0.25) is 0 Å². The Labute approximate surface area is 167 Å². The third kappa shape index (κ3) is 6.68. The van der Waals surface area contributed by atoms with E-state index >= 15 is 0 Å². The summed E-state index contributed by atoms with van der Waals surface area (Å²) >= 11 is 0. The molecule has 2 heterocycles. The Hall–Kier alpha value is -2.34. The van der Waals surface area contributed by atoms with Crippen molar-refractivity contribution in [2.45, 2.75) is 45.2 Å². The Kier molecular flexibility index (Phi) is 7.91. The quantitative estimate of drug-likeness (QED) is 0.538.